The molecule has 3 aliphatic heterocycles. The number of benzene rings is 1. The minimum absolute atomic E-state index is 0.112. The number of likely N-dealkylation sites (N-methyl/N-ethyl adjacent to an activating group) is 1. The molecule has 1 saturated carbocycles. The number of halogens is 1. The second kappa shape index (κ2) is 7.97. The molecule has 2 fully saturated rings. The van der Waals surface area contributed by atoms with Gasteiger partial charge in [-0.3, -0.25) is 9.58 Å². The van der Waals surface area contributed by atoms with Crippen molar-refractivity contribution < 1.29 is 9.13 Å². The Labute approximate surface area is 209 Å². The van der Waals surface area contributed by atoms with Gasteiger partial charge in [0.2, 0.25) is 0 Å². The van der Waals surface area contributed by atoms with Gasteiger partial charge in [-0.05, 0) is 37.9 Å². The summed E-state index contributed by atoms with van der Waals surface area (Å²) in [6.07, 6.45) is 7.38. The second-order valence-electron chi connectivity index (χ2n) is 10.4. The first-order valence-corrected chi connectivity index (χ1v) is 12.6. The Hall–Kier alpha value is -3.56. The van der Waals surface area contributed by atoms with Crippen LogP contribution in [0.15, 0.2) is 36.0 Å². The van der Waals surface area contributed by atoms with Crippen LogP contribution in [-0.4, -0.2) is 58.3 Å². The zero-order chi connectivity index (χ0) is 24.4. The fourth-order valence-electron chi connectivity index (χ4n) is 5.30. The maximum atomic E-state index is 15.6. The summed E-state index contributed by atoms with van der Waals surface area (Å²) >= 11 is 0. The van der Waals surface area contributed by atoms with E-state index in [1.54, 1.807) is 6.07 Å². The van der Waals surface area contributed by atoms with Gasteiger partial charge >= 0.3 is 6.01 Å². The number of fused-ring (bicyclic) bond motifs is 2. The molecule has 0 bridgehead atoms. The van der Waals surface area contributed by atoms with Crippen LogP contribution in [-0.2, 0) is 0 Å². The lowest BCUT2D eigenvalue weighted by atomic mass is 10.0. The number of anilines is 2. The number of H-pyrrole nitrogens is 1. The summed E-state index contributed by atoms with van der Waals surface area (Å²) in [6.45, 7) is 5.91. The van der Waals surface area contributed by atoms with Gasteiger partial charge in [0.1, 0.15) is 30.3 Å². The molecule has 0 amide bonds. The summed E-state index contributed by atoms with van der Waals surface area (Å²) in [5, 5.41) is 10.8. The highest BCUT2D eigenvalue weighted by atomic mass is 19.1. The molecular formula is C27H29FN7O+. The van der Waals surface area contributed by atoms with Crippen LogP contribution in [0.3, 0.4) is 0 Å². The van der Waals surface area contributed by atoms with Gasteiger partial charge < -0.3 is 15.0 Å². The number of aromatic nitrogens is 4. The minimum atomic E-state index is -0.364. The zero-order valence-electron chi connectivity index (χ0n) is 20.5. The Morgan fingerprint density at radius 2 is 2.03 bits per heavy atom. The molecule has 0 atom stereocenters. The topological polar surface area (TPSA) is 79.0 Å². The van der Waals surface area contributed by atoms with E-state index in [0.29, 0.717) is 23.1 Å². The number of aromatic amines is 1. The monoisotopic (exact) mass is 486 g/mol. The van der Waals surface area contributed by atoms with E-state index in [1.165, 1.54) is 18.5 Å². The molecule has 0 radical (unpaired) electrons. The summed E-state index contributed by atoms with van der Waals surface area (Å²) in [5.41, 5.74) is 5.83. The summed E-state index contributed by atoms with van der Waals surface area (Å²) in [7, 11) is 2.10. The molecule has 3 aromatic rings. The Bertz CT molecular complexity index is 1430. The van der Waals surface area contributed by atoms with E-state index in [2.05, 4.69) is 50.4 Å². The number of hydrogen-bond acceptors (Lipinski definition) is 6. The van der Waals surface area contributed by atoms with Crippen molar-refractivity contribution in [3.8, 4) is 11.8 Å². The molecule has 184 valence electrons. The number of rotatable bonds is 6. The predicted molar refractivity (Wildman–Crippen MR) is 138 cm³/mol. The summed E-state index contributed by atoms with van der Waals surface area (Å²) in [4.78, 5) is 11.5. The van der Waals surface area contributed by atoms with E-state index < -0.39 is 0 Å². The van der Waals surface area contributed by atoms with E-state index in [1.807, 2.05) is 24.3 Å². The third kappa shape index (κ3) is 3.70. The van der Waals surface area contributed by atoms with Crippen LogP contribution in [0.2, 0.25) is 0 Å². The first kappa shape index (κ1) is 21.7. The van der Waals surface area contributed by atoms with Crippen LogP contribution in [0.4, 0.5) is 21.7 Å². The number of ether oxygens (including phenoxy) is 1. The molecular weight excluding hydrogens is 457 g/mol. The quantitative estimate of drug-likeness (QED) is 0.370. The Balaban J connectivity index is 1.22. The van der Waals surface area contributed by atoms with Gasteiger partial charge in [-0.25, -0.2) is 4.39 Å². The van der Waals surface area contributed by atoms with Crippen molar-refractivity contribution in [2.24, 2.45) is 0 Å². The van der Waals surface area contributed by atoms with E-state index in [9.17, 15) is 0 Å². The maximum absolute atomic E-state index is 15.6. The largest absolute Gasteiger partial charge is 0.421 e. The number of quaternary nitrogens is 1. The molecule has 1 saturated heterocycles. The van der Waals surface area contributed by atoms with Crippen molar-refractivity contribution in [2.45, 2.75) is 32.1 Å². The normalized spacial score (nSPS) is 20.2. The van der Waals surface area contributed by atoms with Gasteiger partial charge in [0.05, 0.1) is 11.3 Å². The molecule has 9 heteroatoms. The highest BCUT2D eigenvalue weighted by Crippen LogP contribution is 2.49. The third-order valence-electron chi connectivity index (χ3n) is 7.80. The molecule has 1 spiro atoms. The zero-order valence-corrected chi connectivity index (χ0v) is 20.5. The van der Waals surface area contributed by atoms with E-state index >= 15 is 4.39 Å². The maximum Gasteiger partial charge on any atom is 0.324 e. The lowest BCUT2D eigenvalue weighted by molar-refractivity contribution is 0.369. The van der Waals surface area contributed by atoms with Gasteiger partial charge in [-0.15, -0.1) is 0 Å². The van der Waals surface area contributed by atoms with Crippen molar-refractivity contribution in [1.82, 2.24) is 29.5 Å². The standard InChI is InChI=1S/C27H29FN7O/c1-16-13-19-22(35(16)11-12-35)5-6-23(26(19)28)36-27-29-20(18-7-9-34(2)10-8-18)14-24(31-27)30-25-15-21(32-33-25)17-3-4-17/h5-7,13-15,17H,3-4,8-12H2,1-2H3,(H2,29,30,31,32,33)/q+1. The van der Waals surface area contributed by atoms with Gasteiger partial charge in [-0.1, -0.05) is 6.08 Å². The molecule has 2 N–H and O–H groups in total. The Morgan fingerprint density at radius 3 is 2.78 bits per heavy atom. The first-order valence-electron chi connectivity index (χ1n) is 12.6. The van der Waals surface area contributed by atoms with Crippen LogP contribution in [0.1, 0.15) is 49.1 Å². The third-order valence-corrected chi connectivity index (χ3v) is 7.80. The highest BCUT2D eigenvalue weighted by molar-refractivity contribution is 5.80. The van der Waals surface area contributed by atoms with E-state index in [4.69, 9.17) is 4.74 Å². The predicted octanol–water partition coefficient (Wildman–Crippen LogP) is 5.17. The molecule has 36 heavy (non-hydrogen) atoms. The number of nitrogens with zero attached hydrogens (tertiary/aromatic N) is 5. The highest BCUT2D eigenvalue weighted by Gasteiger charge is 2.52. The van der Waals surface area contributed by atoms with Crippen molar-refractivity contribution in [1.29, 1.82) is 0 Å². The van der Waals surface area contributed by atoms with Crippen LogP contribution >= 0.6 is 0 Å². The molecule has 5 heterocycles. The fourth-order valence-corrected chi connectivity index (χ4v) is 5.30. The van der Waals surface area contributed by atoms with Crippen molar-refractivity contribution in [2.75, 3.05) is 38.5 Å². The van der Waals surface area contributed by atoms with Crippen molar-refractivity contribution >= 4 is 29.0 Å². The van der Waals surface area contributed by atoms with E-state index in [0.717, 1.165) is 59.7 Å². The van der Waals surface area contributed by atoms with Crippen molar-refractivity contribution in [3.63, 3.8) is 0 Å². The van der Waals surface area contributed by atoms with Gasteiger partial charge in [0.15, 0.2) is 17.4 Å². The Kier molecular flexibility index (Phi) is 4.81. The van der Waals surface area contributed by atoms with Gasteiger partial charge in [0.25, 0.3) is 0 Å². The van der Waals surface area contributed by atoms with Gasteiger partial charge in [0, 0.05) is 55.9 Å². The smallest absolute Gasteiger partial charge is 0.324 e. The Morgan fingerprint density at radius 1 is 1.17 bits per heavy atom. The van der Waals surface area contributed by atoms with E-state index in [-0.39, 0.29) is 17.6 Å². The van der Waals surface area contributed by atoms with Crippen LogP contribution in [0.5, 0.6) is 11.8 Å². The number of hydrogen-bond donors (Lipinski definition) is 2. The van der Waals surface area contributed by atoms with Crippen molar-refractivity contribution in [3.05, 3.63) is 58.8 Å². The van der Waals surface area contributed by atoms with Crippen LogP contribution in [0.25, 0.3) is 11.6 Å². The molecule has 8 nitrogen and oxygen atoms in total. The van der Waals surface area contributed by atoms with Crippen LogP contribution < -0.4 is 14.5 Å². The minimum Gasteiger partial charge on any atom is -0.421 e. The fraction of sp³-hybridized carbons (Fsp3) is 0.370. The lowest BCUT2D eigenvalue weighted by Crippen LogP contribution is -2.24. The summed E-state index contributed by atoms with van der Waals surface area (Å²) in [6, 6.07) is 7.72. The van der Waals surface area contributed by atoms with Gasteiger partial charge in [-0.2, -0.15) is 15.1 Å². The first-order chi connectivity index (χ1) is 17.5. The summed E-state index contributed by atoms with van der Waals surface area (Å²) < 4.78 is 22.3. The SMILES string of the molecule is CC1=Cc2c(ccc(Oc3nc(Nc4cc(C5CC5)[nH]n4)cc(C4=CCN(C)CC4)n3)c2F)[N+]12CC2. The molecule has 1 aromatic carbocycles. The average Bonchev–Trinajstić information content (AvgIpc) is 3.79. The molecule has 4 aliphatic rings. The molecule has 0 unspecified atom stereocenters. The lowest BCUT2D eigenvalue weighted by Gasteiger charge is -2.22. The molecule has 7 rings (SSSR count). The summed E-state index contributed by atoms with van der Waals surface area (Å²) in [5.74, 6) is 1.61. The second-order valence-corrected chi connectivity index (χ2v) is 10.4. The number of allylic oxidation sites excluding steroid dienone is 1. The molecule has 2 aromatic heterocycles. The number of nitrogens with one attached hydrogen (secondary N) is 2. The average molecular weight is 487 g/mol. The molecule has 1 aliphatic carbocycles. The van der Waals surface area contributed by atoms with Crippen LogP contribution in [0, 0.1) is 5.82 Å².